The molecule has 0 fully saturated rings. The van der Waals surface area contributed by atoms with Crippen LogP contribution in [0.4, 0.5) is 5.69 Å². The number of halogens is 2. The highest BCUT2D eigenvalue weighted by molar-refractivity contribution is 7.92. The number of benzene rings is 2. The van der Waals surface area contributed by atoms with Crippen LogP contribution in [-0.4, -0.2) is 50.5 Å². The van der Waals surface area contributed by atoms with Gasteiger partial charge in [-0.25, -0.2) is 8.42 Å². The molecule has 0 heterocycles. The van der Waals surface area contributed by atoms with E-state index in [4.69, 9.17) is 23.2 Å². The van der Waals surface area contributed by atoms with Gasteiger partial charge in [-0.1, -0.05) is 48.7 Å². The summed E-state index contributed by atoms with van der Waals surface area (Å²) in [6.45, 7) is 7.54. The average molecular weight is 543 g/mol. The maximum absolute atomic E-state index is 13.5. The van der Waals surface area contributed by atoms with Gasteiger partial charge < -0.3 is 10.2 Å². The molecule has 2 amide bonds. The highest BCUT2D eigenvalue weighted by atomic mass is 35.5. The SMILES string of the molecule is CCCCNC(=O)[C@@H](C)N(Cc1ccc(Cl)c(Cl)c1)C(=O)CN(c1ccc(C)c(C)c1)S(C)(=O)=O. The average Bonchev–Trinajstić information content (AvgIpc) is 2.78. The number of hydrogen-bond donors (Lipinski definition) is 1. The van der Waals surface area contributed by atoms with Gasteiger partial charge >= 0.3 is 0 Å². The lowest BCUT2D eigenvalue weighted by Crippen LogP contribution is -2.51. The van der Waals surface area contributed by atoms with Crippen LogP contribution in [0.1, 0.15) is 43.4 Å². The second kappa shape index (κ2) is 12.6. The van der Waals surface area contributed by atoms with E-state index in [1.807, 2.05) is 26.8 Å². The first kappa shape index (κ1) is 28.9. The summed E-state index contributed by atoms with van der Waals surface area (Å²) in [5, 5.41) is 3.54. The number of carbonyl (C=O) groups excluding carboxylic acids is 2. The molecule has 1 atom stereocenters. The second-order valence-electron chi connectivity index (χ2n) is 8.63. The molecule has 192 valence electrons. The number of amides is 2. The van der Waals surface area contributed by atoms with Crippen LogP contribution in [0, 0.1) is 13.8 Å². The van der Waals surface area contributed by atoms with E-state index in [0.717, 1.165) is 34.5 Å². The third kappa shape index (κ3) is 8.12. The Kier molecular flexibility index (Phi) is 10.4. The number of sulfonamides is 1. The number of nitrogens with zero attached hydrogens (tertiary/aromatic N) is 2. The predicted molar refractivity (Wildman–Crippen MR) is 142 cm³/mol. The fourth-order valence-corrected chi connectivity index (χ4v) is 4.61. The molecule has 0 aromatic heterocycles. The monoisotopic (exact) mass is 541 g/mol. The highest BCUT2D eigenvalue weighted by Crippen LogP contribution is 2.25. The van der Waals surface area contributed by atoms with Crippen LogP contribution in [-0.2, 0) is 26.2 Å². The predicted octanol–water partition coefficient (Wildman–Crippen LogP) is 4.71. The lowest BCUT2D eigenvalue weighted by atomic mass is 10.1. The minimum Gasteiger partial charge on any atom is -0.354 e. The van der Waals surface area contributed by atoms with Crippen LogP contribution in [0.15, 0.2) is 36.4 Å². The molecule has 7 nitrogen and oxygen atoms in total. The van der Waals surface area contributed by atoms with E-state index < -0.39 is 28.5 Å². The van der Waals surface area contributed by atoms with Gasteiger partial charge in [-0.05, 0) is 68.1 Å². The van der Waals surface area contributed by atoms with Crippen molar-refractivity contribution in [3.8, 4) is 0 Å². The number of rotatable bonds is 11. The number of hydrogen-bond acceptors (Lipinski definition) is 4. The molecule has 0 radical (unpaired) electrons. The third-order valence-electron chi connectivity index (χ3n) is 5.79. The minimum absolute atomic E-state index is 0.0581. The van der Waals surface area contributed by atoms with Gasteiger partial charge in [-0.15, -0.1) is 0 Å². The van der Waals surface area contributed by atoms with Crippen LogP contribution in [0.3, 0.4) is 0 Å². The first-order chi connectivity index (χ1) is 16.3. The van der Waals surface area contributed by atoms with Crippen molar-refractivity contribution in [1.82, 2.24) is 10.2 Å². The normalized spacial score (nSPS) is 12.2. The Hall–Kier alpha value is -2.29. The van der Waals surface area contributed by atoms with Crippen molar-refractivity contribution in [3.05, 3.63) is 63.1 Å². The molecular weight excluding hydrogens is 509 g/mol. The number of carbonyl (C=O) groups is 2. The first-order valence-electron chi connectivity index (χ1n) is 11.4. The van der Waals surface area contributed by atoms with Crippen molar-refractivity contribution in [2.24, 2.45) is 0 Å². The van der Waals surface area contributed by atoms with E-state index in [-0.39, 0.29) is 12.5 Å². The molecule has 0 aliphatic rings. The third-order valence-corrected chi connectivity index (χ3v) is 7.67. The smallest absolute Gasteiger partial charge is 0.244 e. The lowest BCUT2D eigenvalue weighted by Gasteiger charge is -2.31. The fraction of sp³-hybridized carbons (Fsp3) is 0.440. The number of unbranched alkanes of at least 4 members (excludes halogenated alkanes) is 1. The van der Waals surface area contributed by atoms with Gasteiger partial charge in [0, 0.05) is 13.1 Å². The van der Waals surface area contributed by atoms with Gasteiger partial charge in [-0.3, -0.25) is 13.9 Å². The van der Waals surface area contributed by atoms with Gasteiger partial charge in [0.05, 0.1) is 22.0 Å². The molecule has 0 spiro atoms. The van der Waals surface area contributed by atoms with Crippen LogP contribution in [0.25, 0.3) is 0 Å². The molecule has 0 bridgehead atoms. The van der Waals surface area contributed by atoms with Gasteiger partial charge in [0.15, 0.2) is 0 Å². The Morgan fingerprint density at radius 2 is 1.71 bits per heavy atom. The van der Waals surface area contributed by atoms with Gasteiger partial charge in [0.2, 0.25) is 21.8 Å². The van der Waals surface area contributed by atoms with E-state index in [9.17, 15) is 18.0 Å². The van der Waals surface area contributed by atoms with E-state index in [1.54, 1.807) is 37.3 Å². The van der Waals surface area contributed by atoms with Crippen LogP contribution in [0.2, 0.25) is 10.0 Å². The summed E-state index contributed by atoms with van der Waals surface area (Å²) in [5.41, 5.74) is 2.96. The maximum Gasteiger partial charge on any atom is 0.244 e. The molecule has 1 N–H and O–H groups in total. The summed E-state index contributed by atoms with van der Waals surface area (Å²) >= 11 is 12.2. The van der Waals surface area contributed by atoms with Crippen molar-refractivity contribution < 1.29 is 18.0 Å². The first-order valence-corrected chi connectivity index (χ1v) is 14.0. The summed E-state index contributed by atoms with van der Waals surface area (Å²) in [4.78, 5) is 27.7. The van der Waals surface area contributed by atoms with E-state index in [0.29, 0.717) is 27.8 Å². The largest absolute Gasteiger partial charge is 0.354 e. The van der Waals surface area contributed by atoms with Crippen LogP contribution < -0.4 is 9.62 Å². The lowest BCUT2D eigenvalue weighted by molar-refractivity contribution is -0.139. The van der Waals surface area contributed by atoms with Crippen molar-refractivity contribution >= 4 is 50.7 Å². The summed E-state index contributed by atoms with van der Waals surface area (Å²) in [6.07, 6.45) is 2.79. The zero-order valence-corrected chi connectivity index (χ0v) is 23.1. The summed E-state index contributed by atoms with van der Waals surface area (Å²) in [7, 11) is -3.78. The minimum atomic E-state index is -3.78. The molecule has 2 aromatic rings. The van der Waals surface area contributed by atoms with Crippen LogP contribution in [0.5, 0.6) is 0 Å². The zero-order chi connectivity index (χ0) is 26.3. The highest BCUT2D eigenvalue weighted by Gasteiger charge is 2.30. The van der Waals surface area contributed by atoms with E-state index in [2.05, 4.69) is 5.32 Å². The van der Waals surface area contributed by atoms with Crippen LogP contribution >= 0.6 is 23.2 Å². The Morgan fingerprint density at radius 3 is 2.29 bits per heavy atom. The Balaban J connectivity index is 2.39. The molecule has 0 aliphatic heterocycles. The Labute approximate surface area is 218 Å². The number of aryl methyl sites for hydroxylation is 2. The molecule has 0 saturated carbocycles. The Bertz CT molecular complexity index is 1170. The standard InChI is InChI=1S/C25H33Cl2N3O4S/c1-6-7-12-28-25(32)19(4)29(15-20-9-11-22(26)23(27)14-20)24(31)16-30(35(5,33)34)21-10-8-17(2)18(3)13-21/h8-11,13-14,19H,6-7,12,15-16H2,1-5H3,(H,28,32)/t19-/m1/s1. The Morgan fingerprint density at radius 1 is 1.03 bits per heavy atom. The van der Waals surface area contributed by atoms with E-state index in [1.165, 1.54) is 4.90 Å². The topological polar surface area (TPSA) is 86.8 Å². The molecule has 0 saturated heterocycles. The molecular formula is C25H33Cl2N3O4S. The molecule has 2 rings (SSSR count). The summed E-state index contributed by atoms with van der Waals surface area (Å²) in [6, 6.07) is 9.33. The van der Waals surface area contributed by atoms with Gasteiger partial charge in [0.25, 0.3) is 0 Å². The summed E-state index contributed by atoms with van der Waals surface area (Å²) in [5.74, 6) is -0.832. The van der Waals surface area contributed by atoms with E-state index >= 15 is 0 Å². The number of anilines is 1. The second-order valence-corrected chi connectivity index (χ2v) is 11.4. The van der Waals surface area contributed by atoms with Gasteiger partial charge in [0.1, 0.15) is 12.6 Å². The van der Waals surface area contributed by atoms with Crippen molar-refractivity contribution in [2.45, 2.75) is 53.1 Å². The molecule has 35 heavy (non-hydrogen) atoms. The molecule has 0 unspecified atom stereocenters. The molecule has 10 heteroatoms. The quantitative estimate of drug-likeness (QED) is 0.417. The van der Waals surface area contributed by atoms with Gasteiger partial charge in [-0.2, -0.15) is 0 Å². The summed E-state index contributed by atoms with van der Waals surface area (Å²) < 4.78 is 26.4. The maximum atomic E-state index is 13.5. The molecule has 0 aliphatic carbocycles. The molecule has 2 aromatic carbocycles. The van der Waals surface area contributed by atoms with Crippen molar-refractivity contribution in [1.29, 1.82) is 0 Å². The van der Waals surface area contributed by atoms with Crippen molar-refractivity contribution in [2.75, 3.05) is 23.7 Å². The fourth-order valence-electron chi connectivity index (χ4n) is 3.45. The zero-order valence-electron chi connectivity index (χ0n) is 20.8. The number of nitrogens with one attached hydrogen (secondary N) is 1. The van der Waals surface area contributed by atoms with Crippen molar-refractivity contribution in [3.63, 3.8) is 0 Å².